The molecule has 3 heterocycles. The number of carbonyl (C=O) groups is 3. The number of piperazine rings is 1. The van der Waals surface area contributed by atoms with Crippen LogP contribution in [0.4, 0.5) is 20.0 Å². The molecule has 0 radical (unpaired) electrons. The number of rotatable bonds is 11. The molecule has 0 aliphatic carbocycles. The summed E-state index contributed by atoms with van der Waals surface area (Å²) in [6, 6.07) is 16.9. The van der Waals surface area contributed by atoms with E-state index in [0.29, 0.717) is 29.3 Å². The Morgan fingerprint density at radius 1 is 1.08 bits per heavy atom. The van der Waals surface area contributed by atoms with Crippen molar-refractivity contribution < 1.29 is 27.2 Å². The number of nitrogen functional groups attached to an aromatic ring is 1. The second-order valence-electron chi connectivity index (χ2n) is 12.1. The Morgan fingerprint density at radius 2 is 1.80 bits per heavy atom. The molecule has 4 aromatic rings. The summed E-state index contributed by atoms with van der Waals surface area (Å²) < 4.78 is 40.2. The summed E-state index contributed by atoms with van der Waals surface area (Å²) in [7, 11) is -3.48. The molecule has 4 amide bonds. The number of amides is 4. The quantitative estimate of drug-likeness (QED) is 0.214. The minimum Gasteiger partial charge on any atom is -0.375 e. The van der Waals surface area contributed by atoms with Crippen LogP contribution < -0.4 is 15.8 Å². The largest absolute Gasteiger partial charge is 0.375 e. The lowest BCUT2D eigenvalue weighted by Gasteiger charge is -2.46. The number of nitrogens with two attached hydrogens (primary N) is 1. The standard InChI is InChI=1S/C33H37FN8O5S2/c1-3-15-40(33(45)36-17-22-7-11-24(34)12-8-22)41-20-29(43)42-26(16-21-9-13-25(14-10-21)38-49(2,46)47)31(44)39(19-28(41)42)18-23-5-4-6-27-30(23)37-32(35)48-27/h4-14,26,28,38H,3,15-20H2,1-2H3,(H2,35,37)(H,36,45)/t26-,28+/m0/s1. The van der Waals surface area contributed by atoms with E-state index in [-0.39, 0.29) is 50.2 Å². The van der Waals surface area contributed by atoms with Gasteiger partial charge >= 0.3 is 6.03 Å². The summed E-state index contributed by atoms with van der Waals surface area (Å²) in [6.07, 6.45) is 1.19. The Hall–Kier alpha value is -4.80. The summed E-state index contributed by atoms with van der Waals surface area (Å²) >= 11 is 1.36. The van der Waals surface area contributed by atoms with Crippen molar-refractivity contribution in [1.29, 1.82) is 0 Å². The molecular formula is C33H37FN8O5S2. The molecule has 2 aliphatic heterocycles. The van der Waals surface area contributed by atoms with Gasteiger partial charge in [-0.2, -0.15) is 5.01 Å². The summed E-state index contributed by atoms with van der Waals surface area (Å²) in [5, 5.41) is 6.55. The van der Waals surface area contributed by atoms with Gasteiger partial charge in [0, 0.05) is 31.7 Å². The van der Waals surface area contributed by atoms with Crippen LogP contribution in [0.2, 0.25) is 0 Å². The molecule has 258 valence electrons. The van der Waals surface area contributed by atoms with E-state index in [2.05, 4.69) is 15.0 Å². The van der Waals surface area contributed by atoms with Crippen LogP contribution in [0.3, 0.4) is 0 Å². The van der Waals surface area contributed by atoms with Crippen molar-refractivity contribution in [2.45, 2.75) is 45.1 Å². The Labute approximate surface area is 287 Å². The maximum Gasteiger partial charge on any atom is 0.332 e. The SMILES string of the molecule is CCCN(C(=O)NCc1ccc(F)cc1)N1CC(=O)N2[C@@H](Cc3ccc(NS(C)(=O)=O)cc3)C(=O)N(Cc3cccc4sc(N)nc34)C[C@@H]21. The first-order valence-electron chi connectivity index (χ1n) is 15.8. The molecule has 0 spiro atoms. The molecule has 3 aromatic carbocycles. The first-order chi connectivity index (χ1) is 23.4. The van der Waals surface area contributed by atoms with Crippen LogP contribution >= 0.6 is 11.3 Å². The van der Waals surface area contributed by atoms with E-state index in [4.69, 9.17) is 5.73 Å². The molecule has 16 heteroatoms. The van der Waals surface area contributed by atoms with E-state index < -0.39 is 28.3 Å². The van der Waals surface area contributed by atoms with Crippen molar-refractivity contribution in [3.05, 3.63) is 89.2 Å². The zero-order chi connectivity index (χ0) is 34.9. The number of fused-ring (bicyclic) bond motifs is 2. The second kappa shape index (κ2) is 14.0. The minimum atomic E-state index is -3.48. The van der Waals surface area contributed by atoms with Gasteiger partial charge in [0.25, 0.3) is 0 Å². The molecule has 0 saturated carbocycles. The number of hydrogen-bond acceptors (Lipinski definition) is 9. The smallest absolute Gasteiger partial charge is 0.332 e. The van der Waals surface area contributed by atoms with Crippen molar-refractivity contribution in [3.63, 3.8) is 0 Å². The Balaban J connectivity index is 1.30. The number of thiazole rings is 1. The number of halogens is 1. The Bertz CT molecular complexity index is 1970. The molecule has 49 heavy (non-hydrogen) atoms. The third kappa shape index (κ3) is 7.60. The maximum absolute atomic E-state index is 14.3. The number of urea groups is 1. The van der Waals surface area contributed by atoms with Crippen LogP contribution in [0, 0.1) is 5.82 Å². The fourth-order valence-corrected chi connectivity index (χ4v) is 7.67. The number of anilines is 2. The highest BCUT2D eigenvalue weighted by molar-refractivity contribution is 7.92. The Kier molecular flexibility index (Phi) is 9.72. The first kappa shape index (κ1) is 34.1. The normalized spacial score (nSPS) is 18.2. The van der Waals surface area contributed by atoms with Crippen LogP contribution in [-0.2, 0) is 39.1 Å². The van der Waals surface area contributed by atoms with Gasteiger partial charge in [-0.1, -0.05) is 54.7 Å². The van der Waals surface area contributed by atoms with Crippen molar-refractivity contribution in [1.82, 2.24) is 30.1 Å². The van der Waals surface area contributed by atoms with E-state index >= 15 is 0 Å². The van der Waals surface area contributed by atoms with Crippen LogP contribution in [-0.4, -0.2) is 89.2 Å². The van der Waals surface area contributed by atoms with Crippen molar-refractivity contribution in [2.24, 2.45) is 0 Å². The highest BCUT2D eigenvalue weighted by Crippen LogP contribution is 2.32. The van der Waals surface area contributed by atoms with Gasteiger partial charge in [0.05, 0.1) is 29.6 Å². The third-order valence-electron chi connectivity index (χ3n) is 8.47. The van der Waals surface area contributed by atoms with Crippen molar-refractivity contribution >= 4 is 60.2 Å². The van der Waals surface area contributed by atoms with Gasteiger partial charge in [-0.15, -0.1) is 0 Å². The van der Waals surface area contributed by atoms with Gasteiger partial charge in [0.15, 0.2) is 5.13 Å². The fraction of sp³-hybridized carbons (Fsp3) is 0.333. The molecule has 2 saturated heterocycles. The number of para-hydroxylation sites is 1. The minimum absolute atomic E-state index is 0.109. The summed E-state index contributed by atoms with van der Waals surface area (Å²) in [5.41, 5.74) is 9.34. The lowest BCUT2D eigenvalue weighted by Crippen LogP contribution is -2.66. The predicted molar refractivity (Wildman–Crippen MR) is 185 cm³/mol. The highest BCUT2D eigenvalue weighted by atomic mass is 32.2. The van der Waals surface area contributed by atoms with E-state index in [1.165, 1.54) is 28.5 Å². The van der Waals surface area contributed by atoms with Crippen molar-refractivity contribution in [3.8, 4) is 0 Å². The summed E-state index contributed by atoms with van der Waals surface area (Å²) in [5.74, 6) is -0.923. The molecule has 1 aromatic heterocycles. The first-order valence-corrected chi connectivity index (χ1v) is 18.5. The van der Waals surface area contributed by atoms with Crippen LogP contribution in [0.15, 0.2) is 66.7 Å². The number of benzene rings is 3. The molecule has 13 nitrogen and oxygen atoms in total. The zero-order valence-electron chi connectivity index (χ0n) is 27.0. The van der Waals surface area contributed by atoms with Crippen LogP contribution in [0.5, 0.6) is 0 Å². The number of nitrogens with one attached hydrogen (secondary N) is 2. The molecule has 2 fully saturated rings. The summed E-state index contributed by atoms with van der Waals surface area (Å²) in [6.45, 7) is 2.65. The average molecular weight is 709 g/mol. The lowest BCUT2D eigenvalue weighted by atomic mass is 9.99. The van der Waals surface area contributed by atoms with Gasteiger partial charge in [-0.25, -0.2) is 22.6 Å². The topological polar surface area (TPSA) is 161 Å². The maximum atomic E-state index is 14.3. The van der Waals surface area contributed by atoms with Crippen molar-refractivity contribution in [2.75, 3.05) is 36.3 Å². The van der Waals surface area contributed by atoms with Crippen LogP contribution in [0.1, 0.15) is 30.0 Å². The fourth-order valence-electron chi connectivity index (χ4n) is 6.32. The van der Waals surface area contributed by atoms with E-state index in [1.807, 2.05) is 25.1 Å². The predicted octanol–water partition coefficient (Wildman–Crippen LogP) is 3.35. The highest BCUT2D eigenvalue weighted by Gasteiger charge is 2.52. The number of nitrogens with zero attached hydrogens (tertiary/aromatic N) is 5. The second-order valence-corrected chi connectivity index (χ2v) is 14.9. The third-order valence-corrected chi connectivity index (χ3v) is 9.93. The van der Waals surface area contributed by atoms with Gasteiger partial charge < -0.3 is 20.9 Å². The van der Waals surface area contributed by atoms with E-state index in [1.54, 1.807) is 51.2 Å². The zero-order valence-corrected chi connectivity index (χ0v) is 28.6. The van der Waals surface area contributed by atoms with Gasteiger partial charge in [0.2, 0.25) is 21.8 Å². The number of aromatic nitrogens is 1. The number of sulfonamides is 1. The van der Waals surface area contributed by atoms with E-state index in [0.717, 1.165) is 27.6 Å². The van der Waals surface area contributed by atoms with Gasteiger partial charge in [-0.05, 0) is 53.4 Å². The number of hydrogen-bond donors (Lipinski definition) is 3. The number of carbonyl (C=O) groups excluding carboxylic acids is 3. The van der Waals surface area contributed by atoms with E-state index in [9.17, 15) is 27.2 Å². The molecule has 2 atom stereocenters. The molecule has 6 rings (SSSR count). The number of hydrazine groups is 1. The molecule has 4 N–H and O–H groups in total. The molecule has 2 aliphatic rings. The molecule has 0 unspecified atom stereocenters. The van der Waals surface area contributed by atoms with Gasteiger partial charge in [-0.3, -0.25) is 19.3 Å². The molecule has 0 bridgehead atoms. The summed E-state index contributed by atoms with van der Waals surface area (Å²) in [4.78, 5) is 49.5. The van der Waals surface area contributed by atoms with Crippen LogP contribution in [0.25, 0.3) is 10.2 Å². The molecular weight excluding hydrogens is 672 g/mol. The average Bonchev–Trinajstić information content (AvgIpc) is 3.60. The lowest BCUT2D eigenvalue weighted by molar-refractivity contribution is -0.157. The van der Waals surface area contributed by atoms with Gasteiger partial charge in [0.1, 0.15) is 18.0 Å². The monoisotopic (exact) mass is 708 g/mol. The Morgan fingerprint density at radius 3 is 2.49 bits per heavy atom.